The molecule has 8 heteroatoms. The highest BCUT2D eigenvalue weighted by atomic mass is 32.1. The highest BCUT2D eigenvalue weighted by Gasteiger charge is 2.32. The predicted octanol–water partition coefficient (Wildman–Crippen LogP) is 3.83. The number of carbonyl (C=O) groups is 3. The van der Waals surface area contributed by atoms with Gasteiger partial charge in [0.2, 0.25) is 11.8 Å². The maximum Gasteiger partial charge on any atom is 0.341 e. The molecule has 0 atom stereocenters. The molecule has 0 radical (unpaired) electrons. The lowest BCUT2D eigenvalue weighted by atomic mass is 10.0. The van der Waals surface area contributed by atoms with Crippen LogP contribution in [0.5, 0.6) is 0 Å². The Morgan fingerprint density at radius 1 is 1.09 bits per heavy atom. The van der Waals surface area contributed by atoms with Crippen molar-refractivity contribution >= 4 is 34.1 Å². The van der Waals surface area contributed by atoms with Crippen LogP contribution < -0.4 is 10.6 Å². The molecule has 0 spiro atoms. The number of ether oxygens (including phenoxy) is 1. The predicted molar refractivity (Wildman–Crippen MR) is 129 cm³/mol. The fourth-order valence-corrected chi connectivity index (χ4v) is 5.33. The van der Waals surface area contributed by atoms with Gasteiger partial charge in [0.15, 0.2) is 0 Å². The molecule has 2 heterocycles. The third kappa shape index (κ3) is 5.81. The average Bonchev–Trinajstić information content (AvgIpc) is 3.60. The second kappa shape index (κ2) is 10.5. The number of nitrogens with zero attached hydrogens (tertiary/aromatic N) is 1. The molecule has 0 bridgehead atoms. The standard InChI is InChI=1S/C25H31N3O4S/c1-3-32-25(31)22-21(17-7-5-4-6-8-17)16(2)33-24(22)27-20(29)15-28-13-11-19(12-14-28)26-23(30)18-9-10-18/h4-8,18-19H,3,9-15H2,1-2H3,(H,26,30)(H,27,29). The molecule has 33 heavy (non-hydrogen) atoms. The molecule has 0 unspecified atom stereocenters. The number of likely N-dealkylation sites (tertiary alicyclic amines) is 1. The van der Waals surface area contributed by atoms with E-state index in [4.69, 9.17) is 4.74 Å². The third-order valence-corrected chi connectivity index (χ3v) is 7.15. The van der Waals surface area contributed by atoms with Crippen molar-refractivity contribution in [2.45, 2.75) is 45.6 Å². The Labute approximate surface area is 198 Å². The first kappa shape index (κ1) is 23.4. The van der Waals surface area contributed by atoms with E-state index in [0.717, 1.165) is 54.8 Å². The van der Waals surface area contributed by atoms with Gasteiger partial charge in [0, 0.05) is 35.5 Å². The Kier molecular flexibility index (Phi) is 7.45. The first-order valence-electron chi connectivity index (χ1n) is 11.6. The zero-order valence-electron chi connectivity index (χ0n) is 19.2. The fourth-order valence-electron chi connectivity index (χ4n) is 4.25. The van der Waals surface area contributed by atoms with Gasteiger partial charge in [0.25, 0.3) is 0 Å². The van der Waals surface area contributed by atoms with Crippen molar-refractivity contribution in [1.29, 1.82) is 0 Å². The van der Waals surface area contributed by atoms with Crippen molar-refractivity contribution in [3.8, 4) is 11.1 Å². The summed E-state index contributed by atoms with van der Waals surface area (Å²) in [4.78, 5) is 40.7. The summed E-state index contributed by atoms with van der Waals surface area (Å²) in [6, 6.07) is 9.89. The summed E-state index contributed by atoms with van der Waals surface area (Å²) in [7, 11) is 0. The van der Waals surface area contributed by atoms with Gasteiger partial charge >= 0.3 is 5.97 Å². The van der Waals surface area contributed by atoms with Crippen LogP contribution in [0.15, 0.2) is 30.3 Å². The van der Waals surface area contributed by atoms with Gasteiger partial charge in [-0.3, -0.25) is 14.5 Å². The molecule has 176 valence electrons. The van der Waals surface area contributed by atoms with Gasteiger partial charge in [-0.1, -0.05) is 30.3 Å². The molecule has 2 N–H and O–H groups in total. The van der Waals surface area contributed by atoms with Gasteiger partial charge in [-0.2, -0.15) is 0 Å². The molecule has 1 aromatic carbocycles. The van der Waals surface area contributed by atoms with Crippen molar-refractivity contribution in [3.05, 3.63) is 40.8 Å². The van der Waals surface area contributed by atoms with E-state index < -0.39 is 5.97 Å². The van der Waals surface area contributed by atoms with Gasteiger partial charge in [-0.25, -0.2) is 4.79 Å². The normalized spacial score (nSPS) is 16.9. The van der Waals surface area contributed by atoms with Crippen LogP contribution in [0.1, 0.15) is 47.8 Å². The topological polar surface area (TPSA) is 87.7 Å². The molecule has 1 saturated heterocycles. The number of carbonyl (C=O) groups excluding carboxylic acids is 3. The first-order chi connectivity index (χ1) is 16.0. The van der Waals surface area contributed by atoms with Gasteiger partial charge in [-0.15, -0.1) is 11.3 Å². The van der Waals surface area contributed by atoms with E-state index in [1.54, 1.807) is 6.92 Å². The van der Waals surface area contributed by atoms with E-state index >= 15 is 0 Å². The van der Waals surface area contributed by atoms with Crippen LogP contribution in [0.2, 0.25) is 0 Å². The molecule has 1 aliphatic carbocycles. The first-order valence-corrected chi connectivity index (χ1v) is 12.5. The number of piperidine rings is 1. The largest absolute Gasteiger partial charge is 0.462 e. The molecule has 2 fully saturated rings. The molecule has 1 aliphatic heterocycles. The van der Waals surface area contributed by atoms with Crippen LogP contribution in [-0.2, 0) is 14.3 Å². The average molecular weight is 470 g/mol. The molecular weight excluding hydrogens is 438 g/mol. The quantitative estimate of drug-likeness (QED) is 0.574. The number of aryl methyl sites for hydroxylation is 1. The lowest BCUT2D eigenvalue weighted by molar-refractivity contribution is -0.123. The van der Waals surface area contributed by atoms with Crippen LogP contribution in [0.25, 0.3) is 11.1 Å². The smallest absolute Gasteiger partial charge is 0.341 e. The number of benzene rings is 1. The molecule has 1 saturated carbocycles. The monoisotopic (exact) mass is 469 g/mol. The minimum Gasteiger partial charge on any atom is -0.462 e. The summed E-state index contributed by atoms with van der Waals surface area (Å²) in [6.07, 6.45) is 3.70. The third-order valence-electron chi connectivity index (χ3n) is 6.13. The second-order valence-electron chi connectivity index (χ2n) is 8.71. The molecular formula is C25H31N3O4S. The van der Waals surface area contributed by atoms with Gasteiger partial charge in [0.05, 0.1) is 13.2 Å². The summed E-state index contributed by atoms with van der Waals surface area (Å²) in [5.41, 5.74) is 2.15. The Morgan fingerprint density at radius 2 is 1.79 bits per heavy atom. The Balaban J connectivity index is 1.40. The van der Waals surface area contributed by atoms with Crippen LogP contribution >= 0.6 is 11.3 Å². The van der Waals surface area contributed by atoms with Crippen LogP contribution in [0.4, 0.5) is 5.00 Å². The summed E-state index contributed by atoms with van der Waals surface area (Å²) in [6.45, 7) is 5.75. The maximum absolute atomic E-state index is 12.9. The molecule has 2 amide bonds. The van der Waals surface area contributed by atoms with E-state index in [1.807, 2.05) is 37.3 Å². The van der Waals surface area contributed by atoms with E-state index in [2.05, 4.69) is 15.5 Å². The Bertz CT molecular complexity index is 1010. The summed E-state index contributed by atoms with van der Waals surface area (Å²) in [5.74, 6) is -0.178. The maximum atomic E-state index is 12.9. The Hall–Kier alpha value is -2.71. The van der Waals surface area contributed by atoms with Crippen molar-refractivity contribution in [2.24, 2.45) is 5.92 Å². The molecule has 2 aromatic rings. The van der Waals surface area contributed by atoms with Gasteiger partial charge in [0.1, 0.15) is 10.6 Å². The highest BCUT2D eigenvalue weighted by molar-refractivity contribution is 7.17. The number of amides is 2. The lowest BCUT2D eigenvalue weighted by Crippen LogP contribution is -2.46. The molecule has 2 aliphatic rings. The minimum absolute atomic E-state index is 0.151. The van der Waals surface area contributed by atoms with Crippen molar-refractivity contribution in [2.75, 3.05) is 31.6 Å². The summed E-state index contributed by atoms with van der Waals surface area (Å²) >= 11 is 1.40. The van der Waals surface area contributed by atoms with E-state index in [-0.39, 0.29) is 36.9 Å². The van der Waals surface area contributed by atoms with Crippen LogP contribution in [0.3, 0.4) is 0 Å². The van der Waals surface area contributed by atoms with Gasteiger partial charge < -0.3 is 15.4 Å². The van der Waals surface area contributed by atoms with E-state index in [0.29, 0.717) is 10.6 Å². The van der Waals surface area contributed by atoms with Crippen molar-refractivity contribution in [1.82, 2.24) is 10.2 Å². The number of thiophene rings is 1. The number of rotatable bonds is 8. The zero-order chi connectivity index (χ0) is 23.4. The van der Waals surface area contributed by atoms with E-state index in [1.165, 1.54) is 11.3 Å². The molecule has 1 aromatic heterocycles. The number of esters is 1. The number of nitrogens with one attached hydrogen (secondary N) is 2. The summed E-state index contributed by atoms with van der Waals surface area (Å²) < 4.78 is 5.31. The number of anilines is 1. The van der Waals surface area contributed by atoms with Crippen molar-refractivity contribution in [3.63, 3.8) is 0 Å². The van der Waals surface area contributed by atoms with E-state index in [9.17, 15) is 14.4 Å². The second-order valence-corrected chi connectivity index (χ2v) is 9.93. The Morgan fingerprint density at radius 3 is 2.42 bits per heavy atom. The summed E-state index contributed by atoms with van der Waals surface area (Å²) in [5, 5.41) is 6.63. The van der Waals surface area contributed by atoms with Crippen LogP contribution in [0, 0.1) is 12.8 Å². The van der Waals surface area contributed by atoms with Gasteiger partial charge in [-0.05, 0) is 45.1 Å². The highest BCUT2D eigenvalue weighted by Crippen LogP contribution is 2.40. The molecule has 7 nitrogen and oxygen atoms in total. The van der Waals surface area contributed by atoms with Crippen LogP contribution in [-0.4, -0.2) is 55.0 Å². The molecule has 4 rings (SSSR count). The lowest BCUT2D eigenvalue weighted by Gasteiger charge is -2.31. The number of hydrogen-bond donors (Lipinski definition) is 2. The van der Waals surface area contributed by atoms with Crippen molar-refractivity contribution < 1.29 is 19.1 Å². The SMILES string of the molecule is CCOC(=O)c1c(NC(=O)CN2CCC(NC(=O)C3CC3)CC2)sc(C)c1-c1ccccc1. The minimum atomic E-state index is -0.428. The zero-order valence-corrected chi connectivity index (χ0v) is 20.0. The number of hydrogen-bond acceptors (Lipinski definition) is 6. The fraction of sp³-hybridized carbons (Fsp3) is 0.480.